The van der Waals surface area contributed by atoms with Gasteiger partial charge >= 0.3 is 0 Å². The number of thiophene rings is 1. The normalized spacial score (nSPS) is 11.8. The average molecular weight is 427 g/mol. The first kappa shape index (κ1) is 18.9. The number of aliphatic imine (C=N–C) groups is 1. The molecule has 0 aliphatic carbocycles. The molecule has 0 aromatic carbocycles. The lowest BCUT2D eigenvalue weighted by Gasteiger charge is -2.02. The number of fused-ring (bicyclic) bond motifs is 1. The van der Waals surface area contributed by atoms with Crippen LogP contribution < -0.4 is 5.73 Å². The number of nitrogen functional groups attached to an aromatic ring is 1. The Labute approximate surface area is 181 Å². The Kier molecular flexibility index (Phi) is 4.64. The topological polar surface area (TPSA) is 122 Å². The smallest absolute Gasteiger partial charge is 0.181 e. The number of nitrogens with zero attached hydrogens (tertiary/aromatic N) is 5. The molecule has 5 heterocycles. The van der Waals surface area contributed by atoms with Crippen LogP contribution in [0.15, 0.2) is 59.4 Å². The molecule has 9 heteroatoms. The Hall–Kier alpha value is -4.11. The summed E-state index contributed by atoms with van der Waals surface area (Å²) >= 11 is 1.63. The molecule has 0 fully saturated rings. The number of hydrogen-bond acceptors (Lipinski definition) is 7. The summed E-state index contributed by atoms with van der Waals surface area (Å²) in [5.41, 5.74) is 12.3. The van der Waals surface area contributed by atoms with Crippen LogP contribution >= 0.6 is 11.3 Å². The molecule has 0 bridgehead atoms. The van der Waals surface area contributed by atoms with Crippen molar-refractivity contribution in [2.24, 2.45) is 4.99 Å². The molecular weight excluding hydrogens is 408 g/mol. The maximum atomic E-state index is 5.89. The van der Waals surface area contributed by atoms with E-state index in [0.717, 1.165) is 44.0 Å². The van der Waals surface area contributed by atoms with Crippen molar-refractivity contribution in [2.75, 3.05) is 5.73 Å². The fourth-order valence-electron chi connectivity index (χ4n) is 3.46. The summed E-state index contributed by atoms with van der Waals surface area (Å²) in [6, 6.07) is 7.92. The van der Waals surface area contributed by atoms with Crippen molar-refractivity contribution in [2.45, 2.75) is 6.92 Å². The third-order valence-corrected chi connectivity index (χ3v) is 5.79. The van der Waals surface area contributed by atoms with Crippen LogP contribution in [-0.2, 0) is 0 Å². The van der Waals surface area contributed by atoms with Gasteiger partial charge < -0.3 is 10.7 Å². The lowest BCUT2D eigenvalue weighted by Crippen LogP contribution is -1.89. The van der Waals surface area contributed by atoms with Gasteiger partial charge in [0.1, 0.15) is 5.69 Å². The number of imidazole rings is 1. The van der Waals surface area contributed by atoms with E-state index in [-0.39, 0.29) is 0 Å². The highest BCUT2D eigenvalue weighted by Gasteiger charge is 2.18. The molecule has 0 saturated heterocycles. The van der Waals surface area contributed by atoms with Crippen molar-refractivity contribution in [3.05, 3.63) is 70.7 Å². The Morgan fingerprint density at radius 1 is 1.23 bits per heavy atom. The predicted molar refractivity (Wildman–Crippen MR) is 125 cm³/mol. The second-order valence-corrected chi connectivity index (χ2v) is 7.91. The van der Waals surface area contributed by atoms with E-state index < -0.39 is 0 Å². The van der Waals surface area contributed by atoms with E-state index in [4.69, 9.17) is 10.7 Å². The van der Waals surface area contributed by atoms with Crippen LogP contribution in [0.1, 0.15) is 16.3 Å². The number of nitrogens with two attached hydrogens (primary N) is 1. The Morgan fingerprint density at radius 2 is 2.10 bits per heavy atom. The summed E-state index contributed by atoms with van der Waals surface area (Å²) in [6.45, 7) is 5.59. The third kappa shape index (κ3) is 3.40. The van der Waals surface area contributed by atoms with Crippen molar-refractivity contribution in [3.63, 3.8) is 0 Å². The molecule has 0 spiro atoms. The lowest BCUT2D eigenvalue weighted by atomic mass is 10.1. The molecular formula is C22H18N8S. The molecule has 0 aliphatic heterocycles. The monoisotopic (exact) mass is 426 g/mol. The van der Waals surface area contributed by atoms with Gasteiger partial charge in [-0.3, -0.25) is 15.1 Å². The van der Waals surface area contributed by atoms with Crippen molar-refractivity contribution in [3.8, 4) is 22.6 Å². The summed E-state index contributed by atoms with van der Waals surface area (Å²) in [4.78, 5) is 21.9. The fraction of sp³-hybridized carbons (Fsp3) is 0.0455. The second-order valence-electron chi connectivity index (χ2n) is 6.96. The standard InChI is InChI=1S/C22H18N8S/c1-12-19(17(11-24-2)18-4-3-5-31-18)28-22(27-12)20-16-7-14(9-26-21(16)30-29-20)13-6-15(23)10-25-8-13/h3-11H,2,23H2,1H3,(H,27,28)(H,26,29,30)/b17-11-. The molecule has 0 radical (unpaired) electrons. The minimum absolute atomic E-state index is 0.597. The first-order chi connectivity index (χ1) is 15.1. The fourth-order valence-corrected chi connectivity index (χ4v) is 4.20. The van der Waals surface area contributed by atoms with Crippen molar-refractivity contribution >= 4 is 40.3 Å². The number of hydrogen-bond donors (Lipinski definition) is 3. The molecule has 4 N–H and O–H groups in total. The zero-order valence-electron chi connectivity index (χ0n) is 16.6. The predicted octanol–water partition coefficient (Wildman–Crippen LogP) is 4.45. The van der Waals surface area contributed by atoms with Gasteiger partial charge in [-0.15, -0.1) is 11.3 Å². The van der Waals surface area contributed by atoms with E-state index in [9.17, 15) is 0 Å². The molecule has 0 saturated carbocycles. The summed E-state index contributed by atoms with van der Waals surface area (Å²) in [5, 5.41) is 10.3. The van der Waals surface area contributed by atoms with Crippen LogP contribution in [0.25, 0.3) is 39.3 Å². The summed E-state index contributed by atoms with van der Waals surface area (Å²) in [5.74, 6) is 0.672. The Balaban J connectivity index is 1.62. The number of anilines is 1. The van der Waals surface area contributed by atoms with Gasteiger partial charge in [0, 0.05) is 52.1 Å². The van der Waals surface area contributed by atoms with Crippen LogP contribution in [-0.4, -0.2) is 36.9 Å². The summed E-state index contributed by atoms with van der Waals surface area (Å²) in [6.07, 6.45) is 6.86. The SMILES string of the molecule is C=N/C=C(/c1cccs1)c1nc(-c2[nH]nc3ncc(-c4cncc(N)c4)cc23)[nH]c1C. The molecule has 0 atom stereocenters. The quantitative estimate of drug-likeness (QED) is 0.358. The number of nitrogens with one attached hydrogen (secondary N) is 2. The molecule has 0 unspecified atom stereocenters. The third-order valence-electron chi connectivity index (χ3n) is 4.89. The van der Waals surface area contributed by atoms with Crippen molar-refractivity contribution in [1.82, 2.24) is 30.1 Å². The van der Waals surface area contributed by atoms with Crippen LogP contribution in [0.2, 0.25) is 0 Å². The van der Waals surface area contributed by atoms with Gasteiger partial charge in [0.25, 0.3) is 0 Å². The van der Waals surface area contributed by atoms with Crippen LogP contribution in [0.3, 0.4) is 0 Å². The van der Waals surface area contributed by atoms with Crippen LogP contribution in [0.5, 0.6) is 0 Å². The van der Waals surface area contributed by atoms with E-state index in [0.29, 0.717) is 17.2 Å². The lowest BCUT2D eigenvalue weighted by molar-refractivity contribution is 1.08. The van der Waals surface area contributed by atoms with E-state index in [1.165, 1.54) is 0 Å². The highest BCUT2D eigenvalue weighted by atomic mass is 32.1. The number of aromatic nitrogens is 6. The summed E-state index contributed by atoms with van der Waals surface area (Å²) < 4.78 is 0. The van der Waals surface area contributed by atoms with E-state index in [1.54, 1.807) is 36.1 Å². The van der Waals surface area contributed by atoms with Crippen LogP contribution in [0.4, 0.5) is 5.69 Å². The Bertz CT molecular complexity index is 1430. The van der Waals surface area contributed by atoms with Gasteiger partial charge in [-0.2, -0.15) is 5.10 Å². The zero-order valence-corrected chi connectivity index (χ0v) is 17.4. The van der Waals surface area contributed by atoms with Gasteiger partial charge in [0.15, 0.2) is 11.5 Å². The van der Waals surface area contributed by atoms with Crippen LogP contribution in [0, 0.1) is 6.92 Å². The molecule has 5 aromatic heterocycles. The molecule has 8 nitrogen and oxygen atoms in total. The highest BCUT2D eigenvalue weighted by Crippen LogP contribution is 2.32. The molecule has 0 aliphatic rings. The molecule has 31 heavy (non-hydrogen) atoms. The Morgan fingerprint density at radius 3 is 2.87 bits per heavy atom. The van der Waals surface area contributed by atoms with E-state index in [2.05, 4.69) is 36.9 Å². The molecule has 5 aromatic rings. The number of H-pyrrole nitrogens is 2. The minimum atomic E-state index is 0.597. The number of rotatable bonds is 5. The average Bonchev–Trinajstić information content (AvgIpc) is 3.51. The first-order valence-electron chi connectivity index (χ1n) is 9.46. The van der Waals surface area contributed by atoms with Gasteiger partial charge in [0.2, 0.25) is 0 Å². The maximum Gasteiger partial charge on any atom is 0.181 e. The molecule has 152 valence electrons. The minimum Gasteiger partial charge on any atom is -0.397 e. The molecule has 0 amide bonds. The second kappa shape index (κ2) is 7.62. The van der Waals surface area contributed by atoms with E-state index >= 15 is 0 Å². The van der Waals surface area contributed by atoms with Crippen molar-refractivity contribution < 1.29 is 0 Å². The van der Waals surface area contributed by atoms with Gasteiger partial charge in [0.05, 0.1) is 16.8 Å². The van der Waals surface area contributed by atoms with Gasteiger partial charge in [-0.05, 0) is 37.2 Å². The van der Waals surface area contributed by atoms with E-state index in [1.807, 2.05) is 36.6 Å². The number of aromatic amines is 2. The maximum absolute atomic E-state index is 5.89. The largest absolute Gasteiger partial charge is 0.397 e. The van der Waals surface area contributed by atoms with Gasteiger partial charge in [-0.25, -0.2) is 9.97 Å². The highest BCUT2D eigenvalue weighted by molar-refractivity contribution is 7.11. The number of pyridine rings is 2. The number of aryl methyl sites for hydroxylation is 1. The van der Waals surface area contributed by atoms with Crippen molar-refractivity contribution in [1.29, 1.82) is 0 Å². The van der Waals surface area contributed by atoms with Gasteiger partial charge in [-0.1, -0.05) is 6.07 Å². The first-order valence-corrected chi connectivity index (χ1v) is 10.3. The zero-order chi connectivity index (χ0) is 21.4. The summed E-state index contributed by atoms with van der Waals surface area (Å²) in [7, 11) is 0. The molecule has 5 rings (SSSR count).